The molecule has 0 aromatic rings. The third-order valence-electron chi connectivity index (χ3n) is 3.82. The lowest BCUT2D eigenvalue weighted by Crippen LogP contribution is -2.29. The van der Waals surface area contributed by atoms with Gasteiger partial charge in [-0.25, -0.2) is 4.79 Å². The molecule has 0 aromatic carbocycles. The Labute approximate surface area is 141 Å². The predicted octanol–water partition coefficient (Wildman–Crippen LogP) is 3.21. The molecule has 0 amide bonds. The lowest BCUT2D eigenvalue weighted by Gasteiger charge is -2.14. The van der Waals surface area contributed by atoms with Gasteiger partial charge in [-0.15, -0.1) is 0 Å². The minimum atomic E-state index is -0.952. The zero-order valence-electron chi connectivity index (χ0n) is 15.0. The van der Waals surface area contributed by atoms with Crippen molar-refractivity contribution in [2.24, 2.45) is 0 Å². The number of rotatable bonds is 16. The SMILES string of the molecule is CCCCCCCCCCCCOC(=O)C(C)OCC(O)CO. The molecule has 23 heavy (non-hydrogen) atoms. The maximum Gasteiger partial charge on any atom is 0.334 e. The number of aliphatic hydroxyl groups excluding tert-OH is 2. The van der Waals surface area contributed by atoms with Gasteiger partial charge in [0.2, 0.25) is 0 Å². The number of aliphatic hydroxyl groups is 2. The van der Waals surface area contributed by atoms with E-state index in [9.17, 15) is 4.79 Å². The smallest absolute Gasteiger partial charge is 0.334 e. The molecular weight excluding hydrogens is 296 g/mol. The summed E-state index contributed by atoms with van der Waals surface area (Å²) in [7, 11) is 0. The monoisotopic (exact) mass is 332 g/mol. The van der Waals surface area contributed by atoms with Gasteiger partial charge in [0, 0.05) is 0 Å². The summed E-state index contributed by atoms with van der Waals surface area (Å²) in [5, 5.41) is 17.8. The van der Waals surface area contributed by atoms with Gasteiger partial charge in [0.25, 0.3) is 0 Å². The van der Waals surface area contributed by atoms with Gasteiger partial charge < -0.3 is 19.7 Å². The molecule has 0 radical (unpaired) electrons. The van der Waals surface area contributed by atoms with Crippen LogP contribution in [0.4, 0.5) is 0 Å². The molecule has 0 aliphatic carbocycles. The molecule has 0 aromatic heterocycles. The second-order valence-corrected chi connectivity index (χ2v) is 6.16. The average Bonchev–Trinajstić information content (AvgIpc) is 2.56. The van der Waals surface area contributed by atoms with Crippen molar-refractivity contribution < 1.29 is 24.5 Å². The summed E-state index contributed by atoms with van der Waals surface area (Å²) < 4.78 is 10.3. The van der Waals surface area contributed by atoms with Crippen molar-refractivity contribution in [2.75, 3.05) is 19.8 Å². The van der Waals surface area contributed by atoms with E-state index in [1.807, 2.05) is 0 Å². The van der Waals surface area contributed by atoms with Gasteiger partial charge in [0.15, 0.2) is 6.10 Å². The van der Waals surface area contributed by atoms with Crippen LogP contribution in [0.15, 0.2) is 0 Å². The molecule has 0 aliphatic heterocycles. The first-order chi connectivity index (χ1) is 11.1. The van der Waals surface area contributed by atoms with Crippen molar-refractivity contribution in [2.45, 2.75) is 90.3 Å². The number of hydrogen-bond donors (Lipinski definition) is 2. The second-order valence-electron chi connectivity index (χ2n) is 6.16. The van der Waals surface area contributed by atoms with Crippen molar-refractivity contribution in [3.63, 3.8) is 0 Å². The van der Waals surface area contributed by atoms with E-state index in [4.69, 9.17) is 19.7 Å². The Bertz CT molecular complexity index is 270. The minimum absolute atomic E-state index is 0.0645. The van der Waals surface area contributed by atoms with Crippen molar-refractivity contribution >= 4 is 5.97 Å². The third-order valence-corrected chi connectivity index (χ3v) is 3.82. The number of carbonyl (C=O) groups is 1. The van der Waals surface area contributed by atoms with Crippen molar-refractivity contribution in [3.8, 4) is 0 Å². The molecule has 2 unspecified atom stereocenters. The standard InChI is InChI=1S/C18H36O5/c1-3-4-5-6-7-8-9-10-11-12-13-22-18(21)16(2)23-15-17(20)14-19/h16-17,19-20H,3-15H2,1-2H3. The number of unbranched alkanes of at least 4 members (excludes halogenated alkanes) is 9. The van der Waals surface area contributed by atoms with Crippen LogP contribution < -0.4 is 0 Å². The maximum atomic E-state index is 11.6. The van der Waals surface area contributed by atoms with Crippen LogP contribution in [0.5, 0.6) is 0 Å². The summed E-state index contributed by atoms with van der Waals surface area (Å²) in [6.07, 6.45) is 10.8. The summed E-state index contributed by atoms with van der Waals surface area (Å²) in [6, 6.07) is 0. The van der Waals surface area contributed by atoms with Gasteiger partial charge in [-0.2, -0.15) is 0 Å². The number of carbonyl (C=O) groups excluding carboxylic acids is 1. The quantitative estimate of drug-likeness (QED) is 0.335. The van der Waals surface area contributed by atoms with Crippen molar-refractivity contribution in [3.05, 3.63) is 0 Å². The second kappa shape index (κ2) is 16.2. The highest BCUT2D eigenvalue weighted by Gasteiger charge is 2.16. The van der Waals surface area contributed by atoms with Gasteiger partial charge >= 0.3 is 5.97 Å². The van der Waals surface area contributed by atoms with Crippen LogP contribution in [-0.4, -0.2) is 48.2 Å². The fourth-order valence-corrected chi connectivity index (χ4v) is 2.26. The molecule has 0 spiro atoms. The Morgan fingerprint density at radius 3 is 2.00 bits per heavy atom. The molecule has 0 aliphatic rings. The van der Waals surface area contributed by atoms with E-state index in [0.29, 0.717) is 6.61 Å². The normalized spacial score (nSPS) is 13.7. The first-order valence-corrected chi connectivity index (χ1v) is 9.19. The van der Waals surface area contributed by atoms with Gasteiger partial charge in [-0.3, -0.25) is 0 Å². The van der Waals surface area contributed by atoms with Crippen molar-refractivity contribution in [1.29, 1.82) is 0 Å². The first-order valence-electron chi connectivity index (χ1n) is 9.19. The van der Waals surface area contributed by atoms with E-state index < -0.39 is 18.2 Å². The average molecular weight is 332 g/mol. The van der Waals surface area contributed by atoms with E-state index in [0.717, 1.165) is 12.8 Å². The highest BCUT2D eigenvalue weighted by molar-refractivity contribution is 5.74. The van der Waals surface area contributed by atoms with E-state index in [2.05, 4.69) is 6.92 Å². The molecule has 0 saturated carbocycles. The molecular formula is C18H36O5. The molecule has 0 saturated heterocycles. The van der Waals surface area contributed by atoms with Crippen LogP contribution >= 0.6 is 0 Å². The van der Waals surface area contributed by atoms with Crippen molar-refractivity contribution in [1.82, 2.24) is 0 Å². The lowest BCUT2D eigenvalue weighted by molar-refractivity contribution is -0.158. The molecule has 138 valence electrons. The van der Waals surface area contributed by atoms with Crippen LogP contribution in [0, 0.1) is 0 Å². The maximum absolute atomic E-state index is 11.6. The fourth-order valence-electron chi connectivity index (χ4n) is 2.26. The summed E-state index contributed by atoms with van der Waals surface area (Å²) >= 11 is 0. The van der Waals surface area contributed by atoms with Gasteiger partial charge in [-0.1, -0.05) is 64.7 Å². The highest BCUT2D eigenvalue weighted by Crippen LogP contribution is 2.10. The fraction of sp³-hybridized carbons (Fsp3) is 0.944. The van der Waals surface area contributed by atoms with Gasteiger partial charge in [-0.05, 0) is 13.3 Å². The predicted molar refractivity (Wildman–Crippen MR) is 91.3 cm³/mol. The largest absolute Gasteiger partial charge is 0.464 e. The zero-order valence-corrected chi connectivity index (χ0v) is 15.0. The third kappa shape index (κ3) is 14.7. The van der Waals surface area contributed by atoms with E-state index >= 15 is 0 Å². The Morgan fingerprint density at radius 1 is 0.957 bits per heavy atom. The molecule has 0 heterocycles. The summed E-state index contributed by atoms with van der Waals surface area (Å²) in [4.78, 5) is 11.6. The van der Waals surface area contributed by atoms with Crippen LogP contribution in [0.1, 0.15) is 78.1 Å². The first kappa shape index (κ1) is 22.4. The lowest BCUT2D eigenvalue weighted by atomic mass is 10.1. The van der Waals surface area contributed by atoms with Gasteiger partial charge in [0.05, 0.1) is 19.8 Å². The number of ether oxygens (including phenoxy) is 2. The van der Waals surface area contributed by atoms with Crippen LogP contribution in [0.3, 0.4) is 0 Å². The Balaban J connectivity index is 3.35. The molecule has 2 atom stereocenters. The molecule has 0 rings (SSSR count). The zero-order chi connectivity index (χ0) is 17.3. The minimum Gasteiger partial charge on any atom is -0.464 e. The Kier molecular flexibility index (Phi) is 15.8. The molecule has 5 heteroatoms. The van der Waals surface area contributed by atoms with E-state index in [1.165, 1.54) is 51.4 Å². The number of esters is 1. The van der Waals surface area contributed by atoms with Crippen LogP contribution in [0.2, 0.25) is 0 Å². The molecule has 5 nitrogen and oxygen atoms in total. The molecule has 0 bridgehead atoms. The van der Waals surface area contributed by atoms with Crippen LogP contribution in [-0.2, 0) is 14.3 Å². The Hall–Kier alpha value is -0.650. The summed E-state index contributed by atoms with van der Waals surface area (Å²) in [6.45, 7) is 3.81. The summed E-state index contributed by atoms with van der Waals surface area (Å²) in [5.41, 5.74) is 0. The highest BCUT2D eigenvalue weighted by atomic mass is 16.6. The summed E-state index contributed by atoms with van der Waals surface area (Å²) in [5.74, 6) is -0.411. The topological polar surface area (TPSA) is 76.0 Å². The van der Waals surface area contributed by atoms with Crippen LogP contribution in [0.25, 0.3) is 0 Å². The molecule has 0 fully saturated rings. The number of hydrogen-bond acceptors (Lipinski definition) is 5. The molecule has 2 N–H and O–H groups in total. The van der Waals surface area contributed by atoms with Gasteiger partial charge in [0.1, 0.15) is 6.10 Å². The van der Waals surface area contributed by atoms with E-state index in [-0.39, 0.29) is 13.2 Å². The van der Waals surface area contributed by atoms with E-state index in [1.54, 1.807) is 6.92 Å². The Morgan fingerprint density at radius 2 is 1.48 bits per heavy atom.